The lowest BCUT2D eigenvalue weighted by Crippen LogP contribution is -2.45. The van der Waals surface area contributed by atoms with Crippen molar-refractivity contribution < 1.29 is 4.79 Å². The van der Waals surface area contributed by atoms with E-state index in [0.717, 1.165) is 0 Å². The monoisotopic (exact) mass is 259 g/mol. The van der Waals surface area contributed by atoms with Gasteiger partial charge in [0.1, 0.15) is 0 Å². The minimum absolute atomic E-state index is 0.138. The first-order valence-electron chi connectivity index (χ1n) is 6.89. The molecule has 0 aliphatic heterocycles. The van der Waals surface area contributed by atoms with Gasteiger partial charge in [0, 0.05) is 18.5 Å². The molecule has 1 amide bonds. The third-order valence-electron chi connectivity index (χ3n) is 3.22. The molecule has 1 aromatic rings. The highest BCUT2D eigenvalue weighted by Gasteiger charge is 2.23. The molecule has 0 bridgehead atoms. The molecule has 0 atom stereocenters. The molecule has 19 heavy (non-hydrogen) atoms. The van der Waals surface area contributed by atoms with E-state index in [4.69, 9.17) is 0 Å². The highest BCUT2D eigenvalue weighted by Crippen LogP contribution is 2.17. The third kappa shape index (κ3) is 4.55. The average Bonchev–Trinajstić information content (AvgIpc) is 2.37. The van der Waals surface area contributed by atoms with E-state index >= 15 is 0 Å². The molecule has 0 heterocycles. The Bertz CT molecular complexity index is 440. The van der Waals surface area contributed by atoms with Crippen molar-refractivity contribution in [2.45, 2.75) is 46.6 Å². The molecular formula is C17H25NO. The summed E-state index contributed by atoms with van der Waals surface area (Å²) in [5.74, 6) is 0.199. The van der Waals surface area contributed by atoms with Crippen molar-refractivity contribution in [1.29, 1.82) is 0 Å². The van der Waals surface area contributed by atoms with Crippen molar-refractivity contribution in [2.75, 3.05) is 6.54 Å². The van der Waals surface area contributed by atoms with Crippen molar-refractivity contribution in [3.05, 3.63) is 42.0 Å². The normalized spacial score (nSPS) is 12.4. The number of benzene rings is 1. The number of amides is 1. The van der Waals surface area contributed by atoms with Gasteiger partial charge in [-0.05, 0) is 38.8 Å². The second-order valence-corrected chi connectivity index (χ2v) is 5.78. The zero-order valence-corrected chi connectivity index (χ0v) is 12.7. The lowest BCUT2D eigenvalue weighted by Gasteiger charge is -2.35. The Labute approximate surface area is 117 Å². The van der Waals surface area contributed by atoms with Crippen LogP contribution in [-0.2, 0) is 4.79 Å². The number of carbonyl (C=O) groups excluding carboxylic acids is 1. The number of allylic oxidation sites excluding steroid dienone is 1. The Kier molecular flexibility index (Phi) is 5.34. The topological polar surface area (TPSA) is 20.3 Å². The first-order chi connectivity index (χ1) is 8.86. The summed E-state index contributed by atoms with van der Waals surface area (Å²) in [7, 11) is 0. The maximum absolute atomic E-state index is 12.0. The summed E-state index contributed by atoms with van der Waals surface area (Å²) >= 11 is 0. The van der Waals surface area contributed by atoms with Crippen LogP contribution in [-0.4, -0.2) is 22.9 Å². The summed E-state index contributed by atoms with van der Waals surface area (Å²) in [5, 5.41) is 0. The summed E-state index contributed by atoms with van der Waals surface area (Å²) < 4.78 is 0. The van der Waals surface area contributed by atoms with Crippen molar-refractivity contribution >= 4 is 11.5 Å². The second-order valence-electron chi connectivity index (χ2n) is 5.78. The number of rotatable bonds is 4. The highest BCUT2D eigenvalue weighted by atomic mass is 16.2. The average molecular weight is 259 g/mol. The van der Waals surface area contributed by atoms with Gasteiger partial charge >= 0.3 is 0 Å². The molecule has 0 aromatic heterocycles. The Morgan fingerprint density at radius 3 is 2.26 bits per heavy atom. The Morgan fingerprint density at radius 2 is 1.79 bits per heavy atom. The number of nitrogens with zero attached hydrogens (tertiary/aromatic N) is 1. The molecule has 2 heteroatoms. The lowest BCUT2D eigenvalue weighted by atomic mass is 10.0. The fourth-order valence-corrected chi connectivity index (χ4v) is 1.99. The van der Waals surface area contributed by atoms with Gasteiger partial charge < -0.3 is 4.90 Å². The van der Waals surface area contributed by atoms with Crippen molar-refractivity contribution in [2.24, 2.45) is 0 Å². The predicted octanol–water partition coefficient (Wildman–Crippen LogP) is 4.13. The van der Waals surface area contributed by atoms with Crippen molar-refractivity contribution in [1.82, 2.24) is 4.90 Å². The Morgan fingerprint density at radius 1 is 1.21 bits per heavy atom. The van der Waals surface area contributed by atoms with Crippen molar-refractivity contribution in [3.63, 3.8) is 0 Å². The van der Waals surface area contributed by atoms with Gasteiger partial charge in [0.15, 0.2) is 0 Å². The highest BCUT2D eigenvalue weighted by molar-refractivity contribution is 5.77. The van der Waals surface area contributed by atoms with E-state index in [1.54, 1.807) is 0 Å². The summed E-state index contributed by atoms with van der Waals surface area (Å²) in [4.78, 5) is 13.9. The van der Waals surface area contributed by atoms with Crippen LogP contribution in [0.5, 0.6) is 0 Å². The van der Waals surface area contributed by atoms with E-state index in [0.29, 0.717) is 13.0 Å². The minimum Gasteiger partial charge on any atom is -0.334 e. The summed E-state index contributed by atoms with van der Waals surface area (Å²) in [6.07, 6.45) is 2.68. The molecule has 0 spiro atoms. The summed E-state index contributed by atoms with van der Waals surface area (Å²) in [6.45, 7) is 10.9. The Balaban J connectivity index is 2.84. The fourth-order valence-electron chi connectivity index (χ4n) is 1.99. The number of carbonyl (C=O) groups is 1. The maximum atomic E-state index is 12.0. The first-order valence-corrected chi connectivity index (χ1v) is 6.89. The smallest absolute Gasteiger partial charge is 0.223 e. The fraction of sp³-hybridized carbons (Fsp3) is 0.471. The van der Waals surface area contributed by atoms with Crippen molar-refractivity contribution in [3.8, 4) is 0 Å². The van der Waals surface area contributed by atoms with E-state index in [9.17, 15) is 4.79 Å². The molecule has 0 saturated carbocycles. The van der Waals surface area contributed by atoms with Gasteiger partial charge in [-0.3, -0.25) is 4.79 Å². The molecule has 2 nitrogen and oxygen atoms in total. The van der Waals surface area contributed by atoms with Crippen LogP contribution in [0, 0.1) is 0 Å². The molecule has 0 saturated heterocycles. The molecule has 0 radical (unpaired) electrons. The van der Waals surface area contributed by atoms with E-state index in [-0.39, 0.29) is 11.4 Å². The largest absolute Gasteiger partial charge is 0.334 e. The molecule has 1 aromatic carbocycles. The van der Waals surface area contributed by atoms with E-state index in [1.807, 2.05) is 30.0 Å². The van der Waals surface area contributed by atoms with Gasteiger partial charge in [-0.25, -0.2) is 0 Å². The van der Waals surface area contributed by atoms with Crippen LogP contribution in [0.2, 0.25) is 0 Å². The molecule has 0 aliphatic rings. The standard InChI is InChI=1S/C17H25NO/c1-6-16(19)18(17(3,4)5)13-12-14(2)15-10-8-7-9-11-15/h7-12H,6,13H2,1-5H3/b14-12+. The van der Waals surface area contributed by atoms with Gasteiger partial charge in [-0.2, -0.15) is 0 Å². The van der Waals surface area contributed by atoms with Crippen LogP contribution in [0.1, 0.15) is 46.6 Å². The number of hydrogen-bond donors (Lipinski definition) is 0. The molecule has 0 unspecified atom stereocenters. The van der Waals surface area contributed by atoms with E-state index < -0.39 is 0 Å². The van der Waals surface area contributed by atoms with E-state index in [2.05, 4.69) is 45.9 Å². The van der Waals surface area contributed by atoms with Crippen LogP contribution < -0.4 is 0 Å². The van der Waals surface area contributed by atoms with Crippen LogP contribution in [0.25, 0.3) is 5.57 Å². The minimum atomic E-state index is -0.138. The third-order valence-corrected chi connectivity index (χ3v) is 3.22. The van der Waals surface area contributed by atoms with Gasteiger partial charge in [0.05, 0.1) is 0 Å². The zero-order chi connectivity index (χ0) is 14.5. The SMILES string of the molecule is CCC(=O)N(C/C=C(\C)c1ccccc1)C(C)(C)C. The van der Waals surface area contributed by atoms with Crippen LogP contribution in [0.4, 0.5) is 0 Å². The van der Waals surface area contributed by atoms with Gasteiger partial charge in [0.2, 0.25) is 5.91 Å². The Hall–Kier alpha value is -1.57. The molecule has 0 aliphatic carbocycles. The number of hydrogen-bond acceptors (Lipinski definition) is 1. The molecule has 0 fully saturated rings. The molecule has 1 rings (SSSR count). The summed E-state index contributed by atoms with van der Waals surface area (Å²) in [6, 6.07) is 10.3. The molecule has 104 valence electrons. The van der Waals surface area contributed by atoms with Gasteiger partial charge in [-0.1, -0.05) is 43.3 Å². The second kappa shape index (κ2) is 6.55. The molecule has 0 N–H and O–H groups in total. The zero-order valence-electron chi connectivity index (χ0n) is 12.7. The molecular weight excluding hydrogens is 234 g/mol. The van der Waals surface area contributed by atoms with Crippen LogP contribution >= 0.6 is 0 Å². The van der Waals surface area contributed by atoms with E-state index in [1.165, 1.54) is 11.1 Å². The van der Waals surface area contributed by atoms with Crippen LogP contribution in [0.15, 0.2) is 36.4 Å². The van der Waals surface area contributed by atoms with Gasteiger partial charge in [-0.15, -0.1) is 0 Å². The van der Waals surface area contributed by atoms with Crippen LogP contribution in [0.3, 0.4) is 0 Å². The maximum Gasteiger partial charge on any atom is 0.223 e. The quantitative estimate of drug-likeness (QED) is 0.796. The lowest BCUT2D eigenvalue weighted by molar-refractivity contribution is -0.134. The summed E-state index contributed by atoms with van der Waals surface area (Å²) in [5.41, 5.74) is 2.28. The first kappa shape index (κ1) is 15.5. The predicted molar refractivity (Wildman–Crippen MR) is 81.9 cm³/mol. The van der Waals surface area contributed by atoms with Gasteiger partial charge in [0.25, 0.3) is 0 Å².